The Balaban J connectivity index is 1.37. The Kier molecular flexibility index (Phi) is 3.77. The molecular weight excluding hydrogens is 314 g/mol. The fourth-order valence-electron chi connectivity index (χ4n) is 4.73. The highest BCUT2D eigenvalue weighted by atomic mass is 16.6. The van der Waals surface area contributed by atoms with E-state index in [9.17, 15) is 20.0 Å². The summed E-state index contributed by atoms with van der Waals surface area (Å²) in [5.74, 6) is 0.990. The molecule has 1 saturated heterocycles. The normalized spacial score (nSPS) is 36.5. The van der Waals surface area contributed by atoms with Gasteiger partial charge in [-0.3, -0.25) is 10.1 Å². The average Bonchev–Trinajstić information content (AvgIpc) is 3.22. The third-order valence-corrected chi connectivity index (χ3v) is 5.77. The monoisotopic (exact) mass is 333 g/mol. The van der Waals surface area contributed by atoms with E-state index in [1.54, 1.807) is 0 Å². The van der Waals surface area contributed by atoms with E-state index in [1.807, 2.05) is 0 Å². The van der Waals surface area contributed by atoms with Gasteiger partial charge >= 0.3 is 5.97 Å². The lowest BCUT2D eigenvalue weighted by molar-refractivity contribution is -0.384. The molecule has 1 N–H and O–H groups in total. The highest BCUT2D eigenvalue weighted by Gasteiger charge is 2.58. The first-order chi connectivity index (χ1) is 11.5. The molecule has 1 aliphatic heterocycles. The molecular formula is C17H19NO6. The number of carbonyl (C=O) groups excluding carboxylic acids is 1. The second-order valence-electron chi connectivity index (χ2n) is 7.00. The Morgan fingerprint density at radius 1 is 1.33 bits per heavy atom. The van der Waals surface area contributed by atoms with E-state index in [0.717, 1.165) is 6.42 Å². The van der Waals surface area contributed by atoms with Crippen LogP contribution < -0.4 is 0 Å². The zero-order valence-electron chi connectivity index (χ0n) is 13.0. The highest BCUT2D eigenvalue weighted by molar-refractivity contribution is 5.89. The van der Waals surface area contributed by atoms with Crippen LogP contribution in [0, 0.1) is 33.8 Å². The minimum absolute atomic E-state index is 0.0459. The lowest BCUT2D eigenvalue weighted by Gasteiger charge is -2.18. The summed E-state index contributed by atoms with van der Waals surface area (Å²) in [6.45, 7) is 1.02. The van der Waals surface area contributed by atoms with Crippen LogP contribution in [0.1, 0.15) is 23.2 Å². The number of ether oxygens (including phenoxy) is 2. The molecule has 1 heterocycles. The molecule has 3 fully saturated rings. The first kappa shape index (κ1) is 15.5. The quantitative estimate of drug-likeness (QED) is 0.512. The van der Waals surface area contributed by atoms with Gasteiger partial charge in [-0.2, -0.15) is 0 Å². The Morgan fingerprint density at radius 3 is 2.79 bits per heavy atom. The summed E-state index contributed by atoms with van der Waals surface area (Å²) in [5.41, 5.74) is 0.257. The summed E-state index contributed by atoms with van der Waals surface area (Å²) in [6, 6.07) is 5.41. The van der Waals surface area contributed by atoms with Crippen LogP contribution in [0.25, 0.3) is 0 Å². The van der Waals surface area contributed by atoms with Crippen LogP contribution in [0.4, 0.5) is 5.69 Å². The van der Waals surface area contributed by atoms with Crippen molar-refractivity contribution in [3.8, 4) is 0 Å². The molecule has 6 atom stereocenters. The molecule has 7 nitrogen and oxygen atoms in total. The lowest BCUT2D eigenvalue weighted by atomic mass is 9.91. The van der Waals surface area contributed by atoms with E-state index < -0.39 is 17.0 Å². The standard InChI is InChI=1S/C17H19NO6/c19-14-6-13-10(5-11-8-23-16(14)15(11)13)7-24-17(20)9-1-3-12(4-2-9)18(21)22/h1-4,10-11,13-16,19H,5-8H2/t10-,11+,13+,14-,15-,16+/m1/s1. The number of aliphatic hydroxyl groups is 1. The number of esters is 1. The molecule has 128 valence electrons. The number of carbonyl (C=O) groups is 1. The van der Waals surface area contributed by atoms with Gasteiger partial charge in [0.1, 0.15) is 0 Å². The number of aliphatic hydroxyl groups excluding tert-OH is 1. The molecule has 2 aliphatic carbocycles. The average molecular weight is 333 g/mol. The Morgan fingerprint density at radius 2 is 2.08 bits per heavy atom. The SMILES string of the molecule is O=C(OC[C@H]1C[C@H]2CO[C@@H]3[C@H]2[C@H]1C[C@H]3O)c1ccc([N+](=O)[O-])cc1. The zero-order chi connectivity index (χ0) is 16.8. The summed E-state index contributed by atoms with van der Waals surface area (Å²) in [6.07, 6.45) is 1.23. The van der Waals surface area contributed by atoms with Gasteiger partial charge in [0.15, 0.2) is 0 Å². The van der Waals surface area contributed by atoms with Crippen molar-refractivity contribution in [1.29, 1.82) is 0 Å². The van der Waals surface area contributed by atoms with Gasteiger partial charge < -0.3 is 14.6 Å². The third kappa shape index (κ3) is 2.48. The number of non-ortho nitro benzene ring substituents is 1. The van der Waals surface area contributed by atoms with Gasteiger partial charge in [0, 0.05) is 12.1 Å². The largest absolute Gasteiger partial charge is 0.462 e. The van der Waals surface area contributed by atoms with Crippen LogP contribution >= 0.6 is 0 Å². The summed E-state index contributed by atoms with van der Waals surface area (Å²) in [7, 11) is 0. The molecule has 0 amide bonds. The molecule has 7 heteroatoms. The minimum atomic E-state index is -0.504. The van der Waals surface area contributed by atoms with E-state index in [2.05, 4.69) is 0 Å². The minimum Gasteiger partial charge on any atom is -0.462 e. The topological polar surface area (TPSA) is 98.9 Å². The zero-order valence-corrected chi connectivity index (χ0v) is 13.0. The van der Waals surface area contributed by atoms with Crippen molar-refractivity contribution in [2.24, 2.45) is 23.7 Å². The van der Waals surface area contributed by atoms with Crippen LogP contribution in [-0.4, -0.2) is 41.4 Å². The number of nitrogens with zero attached hydrogens (tertiary/aromatic N) is 1. The molecule has 1 aromatic rings. The Bertz CT molecular complexity index is 660. The predicted molar refractivity (Wildman–Crippen MR) is 82.3 cm³/mol. The van der Waals surface area contributed by atoms with E-state index in [-0.39, 0.29) is 17.7 Å². The van der Waals surface area contributed by atoms with Crippen LogP contribution in [0.5, 0.6) is 0 Å². The van der Waals surface area contributed by atoms with E-state index >= 15 is 0 Å². The van der Waals surface area contributed by atoms with Gasteiger partial charge in [0.05, 0.1) is 35.9 Å². The molecule has 0 unspecified atom stereocenters. The number of hydrogen-bond acceptors (Lipinski definition) is 6. The summed E-state index contributed by atoms with van der Waals surface area (Å²) in [4.78, 5) is 22.3. The lowest BCUT2D eigenvalue weighted by Crippen LogP contribution is -2.23. The van der Waals surface area contributed by atoms with Gasteiger partial charge in [-0.15, -0.1) is 0 Å². The molecule has 0 spiro atoms. The molecule has 0 bridgehead atoms. The number of hydrogen-bond donors (Lipinski definition) is 1. The first-order valence-corrected chi connectivity index (χ1v) is 8.26. The van der Waals surface area contributed by atoms with Gasteiger partial charge in [0.25, 0.3) is 5.69 Å². The highest BCUT2D eigenvalue weighted by Crippen LogP contribution is 2.55. The third-order valence-electron chi connectivity index (χ3n) is 5.77. The maximum absolute atomic E-state index is 12.1. The predicted octanol–water partition coefficient (Wildman–Crippen LogP) is 1.78. The van der Waals surface area contributed by atoms with Gasteiger partial charge in [-0.05, 0) is 48.6 Å². The van der Waals surface area contributed by atoms with E-state index in [0.29, 0.717) is 43.0 Å². The van der Waals surface area contributed by atoms with E-state index in [1.165, 1.54) is 24.3 Å². The molecule has 24 heavy (non-hydrogen) atoms. The van der Waals surface area contributed by atoms with Crippen LogP contribution in [-0.2, 0) is 9.47 Å². The van der Waals surface area contributed by atoms with Crippen molar-refractivity contribution in [2.75, 3.05) is 13.2 Å². The second-order valence-corrected chi connectivity index (χ2v) is 7.00. The number of rotatable bonds is 4. The molecule has 4 rings (SSSR count). The van der Waals surface area contributed by atoms with Crippen molar-refractivity contribution >= 4 is 11.7 Å². The van der Waals surface area contributed by atoms with Crippen molar-refractivity contribution in [1.82, 2.24) is 0 Å². The van der Waals surface area contributed by atoms with Crippen molar-refractivity contribution in [3.63, 3.8) is 0 Å². The van der Waals surface area contributed by atoms with Gasteiger partial charge in [-0.25, -0.2) is 4.79 Å². The van der Waals surface area contributed by atoms with E-state index in [4.69, 9.17) is 9.47 Å². The second kappa shape index (κ2) is 5.82. The molecule has 0 aromatic heterocycles. The van der Waals surface area contributed by atoms with Crippen LogP contribution in [0.2, 0.25) is 0 Å². The smallest absolute Gasteiger partial charge is 0.338 e. The van der Waals surface area contributed by atoms with Gasteiger partial charge in [-0.1, -0.05) is 0 Å². The fraction of sp³-hybridized carbons (Fsp3) is 0.588. The number of nitro benzene ring substituents is 1. The van der Waals surface area contributed by atoms with Crippen molar-refractivity contribution in [2.45, 2.75) is 25.0 Å². The molecule has 2 saturated carbocycles. The van der Waals surface area contributed by atoms with Gasteiger partial charge in [0.2, 0.25) is 0 Å². The molecule has 3 aliphatic rings. The fourth-order valence-corrected chi connectivity index (χ4v) is 4.73. The van der Waals surface area contributed by atoms with Crippen molar-refractivity contribution in [3.05, 3.63) is 39.9 Å². The summed E-state index contributed by atoms with van der Waals surface area (Å²) >= 11 is 0. The van der Waals surface area contributed by atoms with Crippen LogP contribution in [0.15, 0.2) is 24.3 Å². The summed E-state index contributed by atoms with van der Waals surface area (Å²) in [5, 5.41) is 20.7. The maximum Gasteiger partial charge on any atom is 0.338 e. The first-order valence-electron chi connectivity index (χ1n) is 8.26. The number of nitro groups is 1. The summed E-state index contributed by atoms with van der Waals surface area (Å²) < 4.78 is 11.1. The van der Waals surface area contributed by atoms with Crippen molar-refractivity contribution < 1.29 is 24.3 Å². The maximum atomic E-state index is 12.1. The van der Waals surface area contributed by atoms with Crippen LogP contribution in [0.3, 0.4) is 0 Å². The molecule has 0 radical (unpaired) electrons. The Labute approximate surface area is 138 Å². The molecule has 1 aromatic carbocycles. The Hall–Kier alpha value is -1.99. The number of benzene rings is 1.